The molecule has 27 heavy (non-hydrogen) atoms. The van der Waals surface area contributed by atoms with Crippen molar-refractivity contribution in [3.8, 4) is 11.1 Å². The van der Waals surface area contributed by atoms with Crippen molar-refractivity contribution >= 4 is 28.5 Å². The Morgan fingerprint density at radius 3 is 2.70 bits per heavy atom. The van der Waals surface area contributed by atoms with Gasteiger partial charge in [0.05, 0.1) is 0 Å². The Balaban J connectivity index is 1.76. The minimum atomic E-state index is -0.266. The summed E-state index contributed by atoms with van der Waals surface area (Å²) in [4.78, 5) is 16.9. The molecule has 134 valence electrons. The van der Waals surface area contributed by atoms with Crippen molar-refractivity contribution in [3.05, 3.63) is 88.9 Å². The summed E-state index contributed by atoms with van der Waals surface area (Å²) in [7, 11) is 0. The molecule has 0 fully saturated rings. The van der Waals surface area contributed by atoms with Gasteiger partial charge in [0.2, 0.25) is 5.76 Å². The number of furan rings is 1. The second kappa shape index (κ2) is 7.25. The van der Waals surface area contributed by atoms with E-state index in [0.717, 1.165) is 27.6 Å². The van der Waals surface area contributed by atoms with Gasteiger partial charge in [0.1, 0.15) is 5.58 Å². The van der Waals surface area contributed by atoms with E-state index in [2.05, 4.69) is 10.3 Å². The van der Waals surface area contributed by atoms with Crippen LogP contribution >= 0.6 is 11.6 Å². The number of halogens is 1. The highest BCUT2D eigenvalue weighted by Crippen LogP contribution is 2.36. The fraction of sp³-hybridized carbons (Fsp3) is 0.0909. The van der Waals surface area contributed by atoms with Crippen LogP contribution in [0.2, 0.25) is 5.02 Å². The second-order valence-corrected chi connectivity index (χ2v) is 6.79. The summed E-state index contributed by atoms with van der Waals surface area (Å²) in [5.41, 5.74) is 4.35. The maximum Gasteiger partial charge on any atom is 0.287 e. The predicted octanol–water partition coefficient (Wildman–Crippen LogP) is 5.39. The molecule has 0 aliphatic heterocycles. The van der Waals surface area contributed by atoms with Gasteiger partial charge in [0.25, 0.3) is 5.91 Å². The second-order valence-electron chi connectivity index (χ2n) is 6.36. The van der Waals surface area contributed by atoms with Crippen LogP contribution in [0.4, 0.5) is 0 Å². The van der Waals surface area contributed by atoms with Crippen LogP contribution in [-0.2, 0) is 6.54 Å². The summed E-state index contributed by atoms with van der Waals surface area (Å²) in [5, 5.41) is 4.46. The molecule has 2 aromatic heterocycles. The van der Waals surface area contributed by atoms with Crippen LogP contribution in [0.5, 0.6) is 0 Å². The SMILES string of the molecule is Cc1ccc2oc(C(=O)NCc3cccnc3)c(-c3ccc(Cl)cc3)c2c1. The van der Waals surface area contributed by atoms with E-state index in [1.807, 2.05) is 61.5 Å². The molecule has 0 spiro atoms. The number of fused-ring (bicyclic) bond motifs is 1. The van der Waals surface area contributed by atoms with Gasteiger partial charge in [-0.3, -0.25) is 9.78 Å². The average Bonchev–Trinajstić information content (AvgIpc) is 3.06. The third-order valence-electron chi connectivity index (χ3n) is 4.36. The summed E-state index contributed by atoms with van der Waals surface area (Å²) in [5.74, 6) is 0.0273. The monoisotopic (exact) mass is 376 g/mol. The van der Waals surface area contributed by atoms with Crippen LogP contribution in [0.3, 0.4) is 0 Å². The molecule has 4 aromatic rings. The molecule has 0 unspecified atom stereocenters. The van der Waals surface area contributed by atoms with E-state index in [4.69, 9.17) is 16.0 Å². The molecule has 1 N–H and O–H groups in total. The van der Waals surface area contributed by atoms with E-state index < -0.39 is 0 Å². The Bertz CT molecular complexity index is 1100. The van der Waals surface area contributed by atoms with Crippen molar-refractivity contribution in [2.24, 2.45) is 0 Å². The number of rotatable bonds is 4. The number of pyridine rings is 1. The summed E-state index contributed by atoms with van der Waals surface area (Å²) in [6.45, 7) is 2.39. The standard InChI is InChI=1S/C22H17ClN2O2/c1-14-4-9-19-18(11-14)20(16-5-7-17(23)8-6-16)21(27-19)22(26)25-13-15-3-2-10-24-12-15/h2-12H,13H2,1H3,(H,25,26). The minimum Gasteiger partial charge on any atom is -0.450 e. The molecule has 0 radical (unpaired) electrons. The lowest BCUT2D eigenvalue weighted by Crippen LogP contribution is -2.22. The lowest BCUT2D eigenvalue weighted by Gasteiger charge is -2.06. The van der Waals surface area contributed by atoms with Crippen molar-refractivity contribution in [2.75, 3.05) is 0 Å². The summed E-state index contributed by atoms with van der Waals surface area (Å²) >= 11 is 6.03. The highest BCUT2D eigenvalue weighted by atomic mass is 35.5. The molecular weight excluding hydrogens is 360 g/mol. The van der Waals surface area contributed by atoms with Gasteiger partial charge in [-0.15, -0.1) is 0 Å². The van der Waals surface area contributed by atoms with E-state index in [1.54, 1.807) is 12.4 Å². The third kappa shape index (κ3) is 3.57. The zero-order valence-electron chi connectivity index (χ0n) is 14.7. The number of nitrogens with zero attached hydrogens (tertiary/aromatic N) is 1. The molecule has 4 nitrogen and oxygen atoms in total. The number of hydrogen-bond donors (Lipinski definition) is 1. The number of nitrogens with one attached hydrogen (secondary N) is 1. The van der Waals surface area contributed by atoms with Crippen molar-refractivity contribution < 1.29 is 9.21 Å². The molecule has 0 saturated carbocycles. The molecule has 4 rings (SSSR count). The van der Waals surface area contributed by atoms with Gasteiger partial charge in [0.15, 0.2) is 0 Å². The first-order valence-corrected chi connectivity index (χ1v) is 8.96. The predicted molar refractivity (Wildman–Crippen MR) is 107 cm³/mol. The van der Waals surface area contributed by atoms with Crippen molar-refractivity contribution in [3.63, 3.8) is 0 Å². The van der Waals surface area contributed by atoms with Crippen LogP contribution in [0.25, 0.3) is 22.1 Å². The molecule has 0 aliphatic rings. The highest BCUT2D eigenvalue weighted by Gasteiger charge is 2.22. The number of amides is 1. The van der Waals surface area contributed by atoms with Gasteiger partial charge in [-0.2, -0.15) is 0 Å². The van der Waals surface area contributed by atoms with Crippen LogP contribution in [0.1, 0.15) is 21.7 Å². The third-order valence-corrected chi connectivity index (χ3v) is 4.61. The van der Waals surface area contributed by atoms with Gasteiger partial charge in [-0.05, 0) is 48.4 Å². The lowest BCUT2D eigenvalue weighted by atomic mass is 10.0. The first-order chi connectivity index (χ1) is 13.1. The minimum absolute atomic E-state index is 0.266. The summed E-state index contributed by atoms with van der Waals surface area (Å²) in [6, 6.07) is 17.0. The van der Waals surface area contributed by atoms with Crippen LogP contribution in [0.15, 0.2) is 71.4 Å². The van der Waals surface area contributed by atoms with E-state index in [-0.39, 0.29) is 5.91 Å². The molecule has 0 aliphatic carbocycles. The molecule has 0 atom stereocenters. The molecule has 2 heterocycles. The zero-order valence-corrected chi connectivity index (χ0v) is 15.5. The van der Waals surface area contributed by atoms with E-state index in [9.17, 15) is 4.79 Å². The van der Waals surface area contributed by atoms with Gasteiger partial charge >= 0.3 is 0 Å². The van der Waals surface area contributed by atoms with E-state index >= 15 is 0 Å². The molecule has 5 heteroatoms. The number of carbonyl (C=O) groups is 1. The molecular formula is C22H17ClN2O2. The Kier molecular flexibility index (Phi) is 4.65. The Morgan fingerprint density at radius 1 is 1.15 bits per heavy atom. The molecule has 2 aromatic carbocycles. The van der Waals surface area contributed by atoms with Gasteiger partial charge in [0, 0.05) is 34.9 Å². The van der Waals surface area contributed by atoms with Gasteiger partial charge in [-0.25, -0.2) is 0 Å². The molecule has 0 bridgehead atoms. The number of aryl methyl sites for hydroxylation is 1. The summed E-state index contributed by atoms with van der Waals surface area (Å²) < 4.78 is 5.93. The molecule has 1 amide bonds. The van der Waals surface area contributed by atoms with Crippen molar-refractivity contribution in [1.29, 1.82) is 0 Å². The van der Waals surface area contributed by atoms with Crippen molar-refractivity contribution in [2.45, 2.75) is 13.5 Å². The number of aromatic nitrogens is 1. The lowest BCUT2D eigenvalue weighted by molar-refractivity contribution is 0.0926. The Labute approximate surface area is 161 Å². The fourth-order valence-electron chi connectivity index (χ4n) is 3.04. The topological polar surface area (TPSA) is 55.1 Å². The number of hydrogen-bond acceptors (Lipinski definition) is 3. The maximum absolute atomic E-state index is 12.9. The van der Waals surface area contributed by atoms with Crippen LogP contribution in [0, 0.1) is 6.92 Å². The molecule has 0 saturated heterocycles. The average molecular weight is 377 g/mol. The van der Waals surface area contributed by atoms with Gasteiger partial charge < -0.3 is 9.73 Å². The van der Waals surface area contributed by atoms with Crippen LogP contribution in [-0.4, -0.2) is 10.9 Å². The highest BCUT2D eigenvalue weighted by molar-refractivity contribution is 6.30. The number of carbonyl (C=O) groups excluding carboxylic acids is 1. The fourth-order valence-corrected chi connectivity index (χ4v) is 3.17. The van der Waals surface area contributed by atoms with Crippen LogP contribution < -0.4 is 5.32 Å². The quantitative estimate of drug-likeness (QED) is 0.519. The first kappa shape index (κ1) is 17.3. The first-order valence-electron chi connectivity index (χ1n) is 8.58. The number of benzene rings is 2. The normalized spacial score (nSPS) is 10.9. The van der Waals surface area contributed by atoms with E-state index in [0.29, 0.717) is 22.9 Å². The zero-order chi connectivity index (χ0) is 18.8. The van der Waals surface area contributed by atoms with E-state index in [1.165, 1.54) is 0 Å². The Morgan fingerprint density at radius 2 is 1.96 bits per heavy atom. The maximum atomic E-state index is 12.9. The summed E-state index contributed by atoms with van der Waals surface area (Å²) in [6.07, 6.45) is 3.42. The Hall–Kier alpha value is -3.11. The van der Waals surface area contributed by atoms with Gasteiger partial charge in [-0.1, -0.05) is 41.4 Å². The van der Waals surface area contributed by atoms with Crippen molar-refractivity contribution in [1.82, 2.24) is 10.3 Å². The largest absolute Gasteiger partial charge is 0.450 e. The smallest absolute Gasteiger partial charge is 0.287 e.